The number of nitrogens with zero attached hydrogens (tertiary/aromatic N) is 3. The van der Waals surface area contributed by atoms with Gasteiger partial charge in [-0.2, -0.15) is 0 Å². The molecule has 0 unspecified atom stereocenters. The second-order valence-corrected chi connectivity index (χ2v) is 8.77. The molecule has 2 amide bonds. The molecule has 1 N–H and O–H groups in total. The Hall–Kier alpha value is -3.80. The molecule has 2 heterocycles. The van der Waals surface area contributed by atoms with Crippen LogP contribution in [0.15, 0.2) is 71.1 Å². The summed E-state index contributed by atoms with van der Waals surface area (Å²) < 4.78 is 6.11. The summed E-state index contributed by atoms with van der Waals surface area (Å²) in [6.45, 7) is 2.67. The molecule has 1 atom stereocenters. The van der Waals surface area contributed by atoms with Gasteiger partial charge in [-0.05, 0) is 66.8 Å². The first-order valence-electron chi connectivity index (χ1n) is 11.3. The van der Waals surface area contributed by atoms with Crippen LogP contribution in [0.2, 0.25) is 0 Å². The standard InChI is InChI=1S/C27H28N4O2/c1-18-7-4-5-8-22(18)29-27(32)31-16-6-9-24(31)26-28-23-17-20(12-15-25(23)33-26)19-10-13-21(14-11-19)30(2)3/h4-5,7-8,10-15,17,24H,6,9,16H2,1-3H3,(H,29,32)/t24-/m1/s1. The smallest absolute Gasteiger partial charge is 0.322 e. The van der Waals surface area contributed by atoms with Gasteiger partial charge < -0.3 is 19.5 Å². The molecule has 1 fully saturated rings. The molecule has 33 heavy (non-hydrogen) atoms. The third-order valence-corrected chi connectivity index (χ3v) is 6.31. The highest BCUT2D eigenvalue weighted by molar-refractivity contribution is 5.90. The number of para-hydroxylation sites is 1. The zero-order chi connectivity index (χ0) is 22.9. The van der Waals surface area contributed by atoms with Crippen molar-refractivity contribution in [1.29, 1.82) is 0 Å². The summed E-state index contributed by atoms with van der Waals surface area (Å²) in [5, 5.41) is 3.04. The van der Waals surface area contributed by atoms with Gasteiger partial charge in [0.1, 0.15) is 11.6 Å². The van der Waals surface area contributed by atoms with Gasteiger partial charge in [-0.3, -0.25) is 0 Å². The van der Waals surface area contributed by atoms with Gasteiger partial charge in [0, 0.05) is 32.0 Å². The van der Waals surface area contributed by atoms with Gasteiger partial charge in [0.2, 0.25) is 5.89 Å². The molecule has 1 saturated heterocycles. The summed E-state index contributed by atoms with van der Waals surface area (Å²) in [6.07, 6.45) is 1.76. The van der Waals surface area contributed by atoms with Crippen molar-refractivity contribution in [2.24, 2.45) is 0 Å². The minimum atomic E-state index is -0.163. The molecule has 4 aromatic rings. The van der Waals surface area contributed by atoms with Crippen LogP contribution in [0, 0.1) is 6.92 Å². The number of nitrogens with one attached hydrogen (secondary N) is 1. The highest BCUT2D eigenvalue weighted by Crippen LogP contribution is 2.35. The average molecular weight is 441 g/mol. The number of oxazole rings is 1. The number of anilines is 2. The third-order valence-electron chi connectivity index (χ3n) is 6.31. The minimum absolute atomic E-state index is 0.115. The first-order valence-corrected chi connectivity index (χ1v) is 11.3. The average Bonchev–Trinajstić information content (AvgIpc) is 3.47. The van der Waals surface area contributed by atoms with E-state index in [1.807, 2.05) is 56.3 Å². The topological polar surface area (TPSA) is 61.6 Å². The second-order valence-electron chi connectivity index (χ2n) is 8.77. The van der Waals surface area contributed by atoms with Crippen LogP contribution in [0.5, 0.6) is 0 Å². The van der Waals surface area contributed by atoms with Gasteiger partial charge in [0.05, 0.1) is 0 Å². The Morgan fingerprint density at radius 3 is 2.58 bits per heavy atom. The van der Waals surface area contributed by atoms with E-state index in [0.717, 1.165) is 52.0 Å². The lowest BCUT2D eigenvalue weighted by atomic mass is 10.0. The number of carbonyl (C=O) groups excluding carboxylic acids is 1. The van der Waals surface area contributed by atoms with Crippen molar-refractivity contribution in [3.8, 4) is 11.1 Å². The summed E-state index contributed by atoms with van der Waals surface area (Å²) in [5.41, 5.74) is 6.80. The summed E-state index contributed by atoms with van der Waals surface area (Å²) in [6, 6.07) is 22.1. The van der Waals surface area contributed by atoms with Crippen LogP contribution in [0.25, 0.3) is 22.2 Å². The van der Waals surface area contributed by atoms with Crippen LogP contribution in [-0.4, -0.2) is 36.6 Å². The normalized spacial score (nSPS) is 15.7. The van der Waals surface area contributed by atoms with Crippen LogP contribution < -0.4 is 10.2 Å². The summed E-state index contributed by atoms with van der Waals surface area (Å²) in [7, 11) is 4.07. The number of rotatable bonds is 4. The minimum Gasteiger partial charge on any atom is -0.438 e. The monoisotopic (exact) mass is 440 g/mol. The fourth-order valence-corrected chi connectivity index (χ4v) is 4.39. The van der Waals surface area contributed by atoms with Crippen molar-refractivity contribution in [3.05, 3.63) is 78.2 Å². The van der Waals surface area contributed by atoms with Crippen LogP contribution in [-0.2, 0) is 0 Å². The van der Waals surface area contributed by atoms with Crippen LogP contribution >= 0.6 is 0 Å². The van der Waals surface area contributed by atoms with E-state index >= 15 is 0 Å². The molecule has 0 radical (unpaired) electrons. The molecule has 6 nitrogen and oxygen atoms in total. The number of hydrogen-bond acceptors (Lipinski definition) is 4. The lowest BCUT2D eigenvalue weighted by Crippen LogP contribution is -2.34. The van der Waals surface area contributed by atoms with Crippen molar-refractivity contribution < 1.29 is 9.21 Å². The molecular formula is C27H28N4O2. The fraction of sp³-hybridized carbons (Fsp3) is 0.259. The van der Waals surface area contributed by atoms with E-state index in [0.29, 0.717) is 12.4 Å². The third kappa shape index (κ3) is 4.16. The highest BCUT2D eigenvalue weighted by Gasteiger charge is 2.33. The predicted molar refractivity (Wildman–Crippen MR) is 133 cm³/mol. The SMILES string of the molecule is Cc1ccccc1NC(=O)N1CCC[C@@H]1c1nc2cc(-c3ccc(N(C)C)cc3)ccc2o1. The summed E-state index contributed by atoms with van der Waals surface area (Å²) in [5.74, 6) is 0.600. The zero-order valence-corrected chi connectivity index (χ0v) is 19.2. The van der Waals surface area contributed by atoms with E-state index in [4.69, 9.17) is 9.40 Å². The van der Waals surface area contributed by atoms with Gasteiger partial charge in [-0.25, -0.2) is 9.78 Å². The molecule has 1 aromatic heterocycles. The fourth-order valence-electron chi connectivity index (χ4n) is 4.39. The van der Waals surface area contributed by atoms with Crippen LogP contribution in [0.1, 0.15) is 30.3 Å². The highest BCUT2D eigenvalue weighted by atomic mass is 16.4. The van der Waals surface area contributed by atoms with Gasteiger partial charge in [-0.15, -0.1) is 0 Å². The van der Waals surface area contributed by atoms with E-state index < -0.39 is 0 Å². The molecule has 0 saturated carbocycles. The van der Waals surface area contributed by atoms with E-state index in [9.17, 15) is 4.79 Å². The quantitative estimate of drug-likeness (QED) is 0.408. The van der Waals surface area contributed by atoms with Crippen molar-refractivity contribution in [1.82, 2.24) is 9.88 Å². The van der Waals surface area contributed by atoms with Gasteiger partial charge in [0.25, 0.3) is 0 Å². The number of aromatic nitrogens is 1. The number of likely N-dealkylation sites (tertiary alicyclic amines) is 1. The van der Waals surface area contributed by atoms with Crippen molar-refractivity contribution in [3.63, 3.8) is 0 Å². The van der Waals surface area contributed by atoms with Crippen molar-refractivity contribution in [2.75, 3.05) is 30.9 Å². The maximum atomic E-state index is 13.0. The maximum Gasteiger partial charge on any atom is 0.322 e. The number of hydrogen-bond donors (Lipinski definition) is 1. The van der Waals surface area contributed by atoms with Gasteiger partial charge >= 0.3 is 6.03 Å². The number of fused-ring (bicyclic) bond motifs is 1. The summed E-state index contributed by atoms with van der Waals surface area (Å²) in [4.78, 5) is 21.7. The maximum absolute atomic E-state index is 13.0. The molecule has 5 rings (SSSR count). The Balaban J connectivity index is 1.39. The number of urea groups is 1. The number of carbonyl (C=O) groups is 1. The molecule has 0 aliphatic carbocycles. The first kappa shape index (κ1) is 21.1. The molecule has 6 heteroatoms. The Morgan fingerprint density at radius 2 is 1.82 bits per heavy atom. The molecular weight excluding hydrogens is 412 g/mol. The van der Waals surface area contributed by atoms with Crippen LogP contribution in [0.3, 0.4) is 0 Å². The van der Waals surface area contributed by atoms with E-state index in [2.05, 4.69) is 46.6 Å². The lowest BCUT2D eigenvalue weighted by molar-refractivity contribution is 0.199. The Labute approximate surface area is 193 Å². The molecule has 1 aliphatic rings. The number of amides is 2. The number of benzene rings is 3. The molecule has 1 aliphatic heterocycles. The zero-order valence-electron chi connectivity index (χ0n) is 19.2. The summed E-state index contributed by atoms with van der Waals surface area (Å²) >= 11 is 0. The van der Waals surface area contributed by atoms with E-state index in [1.54, 1.807) is 0 Å². The largest absolute Gasteiger partial charge is 0.438 e. The Bertz CT molecular complexity index is 1290. The van der Waals surface area contributed by atoms with Crippen molar-refractivity contribution >= 4 is 28.5 Å². The number of aryl methyl sites for hydroxylation is 1. The van der Waals surface area contributed by atoms with Gasteiger partial charge in [-0.1, -0.05) is 36.4 Å². The first-order chi connectivity index (χ1) is 16.0. The van der Waals surface area contributed by atoms with E-state index in [1.165, 1.54) is 0 Å². The Morgan fingerprint density at radius 1 is 1.06 bits per heavy atom. The second kappa shape index (κ2) is 8.62. The molecule has 168 valence electrons. The van der Waals surface area contributed by atoms with Crippen LogP contribution in [0.4, 0.5) is 16.2 Å². The lowest BCUT2D eigenvalue weighted by Gasteiger charge is -2.23. The molecule has 0 spiro atoms. The molecule has 0 bridgehead atoms. The van der Waals surface area contributed by atoms with E-state index in [-0.39, 0.29) is 12.1 Å². The predicted octanol–water partition coefficient (Wildman–Crippen LogP) is 6.24. The van der Waals surface area contributed by atoms with Gasteiger partial charge in [0.15, 0.2) is 5.58 Å². The Kier molecular flexibility index (Phi) is 5.50. The molecule has 3 aromatic carbocycles. The van der Waals surface area contributed by atoms with Crippen molar-refractivity contribution in [2.45, 2.75) is 25.8 Å².